The van der Waals surface area contributed by atoms with Gasteiger partial charge in [-0.15, -0.1) is 0 Å². The van der Waals surface area contributed by atoms with Crippen molar-refractivity contribution in [2.75, 3.05) is 40.5 Å². The number of carbonyl (C=O) groups is 12. The largest absolute Gasteiger partial charge is 0.454 e. The van der Waals surface area contributed by atoms with Gasteiger partial charge in [-0.2, -0.15) is 0 Å². The van der Waals surface area contributed by atoms with Crippen LogP contribution in [0.25, 0.3) is 0 Å². The molecule has 0 unspecified atom stereocenters. The van der Waals surface area contributed by atoms with Crippen LogP contribution in [-0.4, -0.2) is 174 Å². The zero-order valence-electron chi connectivity index (χ0n) is 81.2. The van der Waals surface area contributed by atoms with Crippen molar-refractivity contribution in [2.24, 2.45) is 48.7 Å². The molecule has 0 atom stereocenters. The van der Waals surface area contributed by atoms with Gasteiger partial charge in [-0.3, -0.25) is 57.5 Å². The molecule has 0 aromatic heterocycles. The van der Waals surface area contributed by atoms with Crippen LogP contribution in [0.15, 0.2) is 113 Å². The zero-order chi connectivity index (χ0) is 95.3. The van der Waals surface area contributed by atoms with Crippen LogP contribution in [0.2, 0.25) is 6.32 Å². The van der Waals surface area contributed by atoms with Gasteiger partial charge in [0.2, 0.25) is 17.7 Å². The van der Waals surface area contributed by atoms with E-state index in [0.29, 0.717) is 0 Å². The lowest BCUT2D eigenvalue weighted by Crippen LogP contribution is -2.46. The van der Waals surface area contributed by atoms with Crippen LogP contribution >= 0.6 is 0 Å². The lowest BCUT2D eigenvalue weighted by atomic mass is 9.74. The Morgan fingerprint density at radius 3 is 0.824 bits per heavy atom. The minimum absolute atomic E-state index is 0.0364. The van der Waals surface area contributed by atoms with Gasteiger partial charge in [0.05, 0.1) is 47.6 Å². The van der Waals surface area contributed by atoms with Crippen molar-refractivity contribution < 1.29 is 76.5 Å². The molecule has 3 amide bonds. The second kappa shape index (κ2) is 44.2. The van der Waals surface area contributed by atoms with Crippen LogP contribution in [0.5, 0.6) is 0 Å². The molecule has 0 aliphatic rings. The minimum atomic E-state index is -1.47. The third-order valence-corrected chi connectivity index (χ3v) is 23.9. The highest BCUT2D eigenvalue weighted by atomic mass is 16.6. The fourth-order valence-electron chi connectivity index (χ4n) is 11.3. The van der Waals surface area contributed by atoms with E-state index in [-0.39, 0.29) is 102 Å². The lowest BCUT2D eigenvalue weighted by Gasteiger charge is -2.36. The molecule has 23 heteroatoms. The molecule has 2 aromatic rings. The Morgan fingerprint density at radius 1 is 0.328 bits per heavy atom. The number of allylic oxidation sites excluding steroid dienone is 5. The number of ether oxygens (including phenoxy) is 4. The second-order valence-corrected chi connectivity index (χ2v) is 39.4. The molecule has 0 N–H and O–H groups in total. The van der Waals surface area contributed by atoms with Gasteiger partial charge >= 0.3 is 23.9 Å². The summed E-state index contributed by atoms with van der Waals surface area (Å²) in [6, 6.07) is 17.3. The molecular formula is C96H151B4N3O16. The molecule has 2 aromatic carbocycles. The second-order valence-electron chi connectivity index (χ2n) is 39.4. The predicted octanol–water partition coefficient (Wildman–Crippen LogP) is 17.9. The number of hydrogen-bond donors (Lipinski definition) is 0. The van der Waals surface area contributed by atoms with Crippen molar-refractivity contribution in [1.29, 1.82) is 0 Å². The topological polar surface area (TPSA) is 251 Å². The molecule has 0 fully saturated rings. The number of carbonyl (C=O) groups excluding carboxylic acids is 12. The average Bonchev–Trinajstić information content (AvgIpc) is 0.777. The molecule has 0 aliphatic heterocycles. The van der Waals surface area contributed by atoms with E-state index in [1.54, 1.807) is 104 Å². The summed E-state index contributed by atoms with van der Waals surface area (Å²) in [6.07, 6.45) is 0.776. The smallest absolute Gasteiger partial charge is 0.320 e. The van der Waals surface area contributed by atoms with Crippen molar-refractivity contribution >= 4 is 102 Å². The number of esters is 4. The molecule has 0 saturated heterocycles. The Hall–Kier alpha value is -7.96. The summed E-state index contributed by atoms with van der Waals surface area (Å²) in [7, 11) is 26.1. The Balaban J connectivity index is -0.00000150. The van der Waals surface area contributed by atoms with E-state index in [9.17, 15) is 57.5 Å². The number of hydrogen-bond acceptors (Lipinski definition) is 16. The highest BCUT2D eigenvalue weighted by Gasteiger charge is 2.50. The van der Waals surface area contributed by atoms with Gasteiger partial charge in [0.15, 0.2) is 34.5 Å². The summed E-state index contributed by atoms with van der Waals surface area (Å²) in [4.78, 5) is 156. The molecule has 0 bridgehead atoms. The Morgan fingerprint density at radius 2 is 0.571 bits per heavy atom. The predicted molar refractivity (Wildman–Crippen MR) is 485 cm³/mol. The van der Waals surface area contributed by atoms with Gasteiger partial charge in [-0.25, -0.2) is 0 Å². The van der Waals surface area contributed by atoms with Gasteiger partial charge in [0, 0.05) is 63.1 Å². The molecule has 119 heavy (non-hydrogen) atoms. The fourth-order valence-corrected chi connectivity index (χ4v) is 11.3. The van der Waals surface area contributed by atoms with Gasteiger partial charge in [0.1, 0.15) is 38.5 Å². The normalized spacial score (nSPS) is 13.0. The number of nitrogens with zero attached hydrogens (tertiary/aromatic N) is 3. The molecule has 19 nitrogen and oxygen atoms in total. The molecule has 0 aliphatic carbocycles. The first-order chi connectivity index (χ1) is 53.1. The van der Waals surface area contributed by atoms with Gasteiger partial charge in [-0.1, -0.05) is 199 Å². The zero-order valence-corrected chi connectivity index (χ0v) is 81.2. The molecule has 0 saturated carbocycles. The molecule has 0 spiro atoms. The first kappa shape index (κ1) is 115. The van der Waals surface area contributed by atoms with Gasteiger partial charge < -0.3 is 33.6 Å². The summed E-state index contributed by atoms with van der Waals surface area (Å²) < 4.78 is 22.9. The molecular weight excluding hydrogens is 1490 g/mol. The van der Waals surface area contributed by atoms with Crippen molar-refractivity contribution in [3.63, 3.8) is 0 Å². The highest BCUT2D eigenvalue weighted by molar-refractivity contribution is 6.12. The van der Waals surface area contributed by atoms with Crippen molar-refractivity contribution in [3.8, 4) is 0 Å². The van der Waals surface area contributed by atoms with Gasteiger partial charge in [-0.05, 0) is 213 Å². The van der Waals surface area contributed by atoms with E-state index in [2.05, 4.69) is 61.3 Å². The van der Waals surface area contributed by atoms with Crippen LogP contribution in [0, 0.1) is 48.7 Å². The van der Waals surface area contributed by atoms with Crippen molar-refractivity contribution in [2.45, 2.75) is 316 Å². The van der Waals surface area contributed by atoms with Crippen LogP contribution in [0.4, 0.5) is 0 Å². The summed E-state index contributed by atoms with van der Waals surface area (Å²) in [6.45, 7) is 78.2. The van der Waals surface area contributed by atoms with Crippen LogP contribution < -0.4 is 0 Å². The Bertz CT molecular complexity index is 4060. The Labute approximate surface area is 724 Å². The summed E-state index contributed by atoms with van der Waals surface area (Å²) in [5.41, 5.74) is -3.39. The average molecular weight is 1650 g/mol. The van der Waals surface area contributed by atoms with Crippen molar-refractivity contribution in [3.05, 3.63) is 130 Å². The van der Waals surface area contributed by atoms with Crippen LogP contribution in [0.1, 0.15) is 292 Å². The number of rotatable bonds is 36. The maximum Gasteiger partial charge on any atom is 0.320 e. The third kappa shape index (κ3) is 31.5. The van der Waals surface area contributed by atoms with Crippen LogP contribution in [-0.2, 0) is 93.9 Å². The number of amides is 3. The third-order valence-electron chi connectivity index (χ3n) is 23.9. The lowest BCUT2D eigenvalue weighted by molar-refractivity contribution is -0.174. The maximum absolute atomic E-state index is 13.3. The summed E-state index contributed by atoms with van der Waals surface area (Å²) >= 11 is 0. The minimum Gasteiger partial charge on any atom is -0.454 e. The molecule has 658 valence electrons. The number of benzene rings is 2. The molecule has 2 rings (SSSR count). The highest BCUT2D eigenvalue weighted by Crippen LogP contribution is 2.44. The summed E-state index contributed by atoms with van der Waals surface area (Å²) in [5.74, 6) is -4.93. The van der Waals surface area contributed by atoms with E-state index >= 15 is 0 Å². The van der Waals surface area contributed by atoms with Crippen LogP contribution in [0.3, 0.4) is 0 Å². The standard InChI is InChI=1S/C27H40BNO4.C25H42BNO4.C25H36O3.C17H28BNO5.C2H5B/c1-18(2)25(5,6)19-14-12-13-15-20(19)27(9,10)33-23(32)26(7,8)21(30)16-24(3,4)22(31)29(11)17-28;1-16(2)23(7,8)17(3)18(4)25(11,12)31-21(30)24(9,10)19(28)14-22(5,6)20(29)27(13)15-26;1-17(2)23(5,6)18(3)19(4)25(9,10)28-22(27)24(7,8)21(26)16-20-14-12-11-13-15-20;1-11(20)17(6,7)24-14(23)16(4,5)12(21)9-15(2,3)13(22)19(8)10-18;1-2-3/h12-15H,1,16-17H2,2-11H3;1,14-15H2,2-13H3;11-15H,1,16H2,2-10H3;9-10H2,1-8H3;2H2,1H3/b;18-17-;19-18-;;. The van der Waals surface area contributed by atoms with Crippen molar-refractivity contribution in [1.82, 2.24) is 14.7 Å². The Kier molecular flexibility index (Phi) is 42.8. The first-order valence-electron chi connectivity index (χ1n) is 40.8. The van der Waals surface area contributed by atoms with E-state index in [0.717, 1.165) is 62.0 Å². The van der Waals surface area contributed by atoms with Gasteiger partial charge in [0.25, 0.3) is 0 Å². The molecule has 0 heterocycles. The van der Waals surface area contributed by atoms with E-state index in [4.69, 9.17) is 50.3 Å². The fraction of sp³-hybridized carbons (Fsp3) is 0.646. The summed E-state index contributed by atoms with van der Waals surface area (Å²) in [5, 5.41) is 0. The monoisotopic (exact) mass is 1650 g/mol. The van der Waals surface area contributed by atoms with E-state index < -0.39 is 90.0 Å². The van der Waals surface area contributed by atoms with E-state index in [1.807, 2.05) is 152 Å². The number of Topliss-reactive ketones (excluding diaryl/α,β-unsaturated/α-hetero) is 5. The van der Waals surface area contributed by atoms with E-state index in [1.165, 1.54) is 49.3 Å². The quantitative estimate of drug-likeness (QED) is 0.0202. The first-order valence-corrected chi connectivity index (χ1v) is 40.8. The molecule has 8 radical (unpaired) electrons. The SMILES string of the molecule is C=C(C)C(C)(C)/C(C)=C(/C)C(C)(C)OC(=O)C(C)(C)C(=O)Cc1ccccc1.[B]CC.[B]CN(C)C(=O)C(C)(C)CC(=O)C(C)(C)C(=O)OC(C)(C)/C(C)=C(/C)C(C)(C)C(=C)C.[B]CN(C)C(=O)C(C)(C)CC(=O)C(C)(C)C(=O)OC(C)(C)C(C)=O.[B]CN(C)C(=O)C(C)(C)CC(=O)C(C)(C)C(=O)OC(C)(C)c1ccccc1C(C)(C)C(=C)C. The maximum atomic E-state index is 13.3. The number of ketones is 5.